The van der Waals surface area contributed by atoms with Crippen molar-refractivity contribution in [3.63, 3.8) is 0 Å². The molecule has 1 aliphatic heterocycles. The van der Waals surface area contributed by atoms with Crippen molar-refractivity contribution in [1.29, 1.82) is 10.5 Å². The standard InChI is InChI=1S/C22H18ClN3O/c1-14-20(11-24)22(21(12-25)15(2)26-14)17-4-3-5-19(10-17)27-13-16-6-8-18(23)9-7-16/h3-10,22,26H,13H2,1-2H3. The molecule has 1 aliphatic rings. The van der Waals surface area contributed by atoms with Crippen LogP contribution in [-0.4, -0.2) is 0 Å². The van der Waals surface area contributed by atoms with Gasteiger partial charge in [0.15, 0.2) is 0 Å². The second kappa shape index (κ2) is 7.99. The molecule has 0 aliphatic carbocycles. The highest BCUT2D eigenvalue weighted by atomic mass is 35.5. The van der Waals surface area contributed by atoms with E-state index >= 15 is 0 Å². The van der Waals surface area contributed by atoms with E-state index in [4.69, 9.17) is 16.3 Å². The van der Waals surface area contributed by atoms with Gasteiger partial charge in [-0.05, 0) is 49.2 Å². The SMILES string of the molecule is CC1=C(C#N)C(c2cccc(OCc3ccc(Cl)cc3)c2)C(C#N)=C(C)N1. The Morgan fingerprint density at radius 1 is 1.00 bits per heavy atom. The molecule has 0 amide bonds. The van der Waals surface area contributed by atoms with Crippen molar-refractivity contribution in [3.05, 3.63) is 87.2 Å². The molecule has 3 rings (SSSR count). The van der Waals surface area contributed by atoms with Crippen molar-refractivity contribution in [3.8, 4) is 17.9 Å². The van der Waals surface area contributed by atoms with E-state index in [1.807, 2.05) is 62.4 Å². The molecule has 5 heteroatoms. The van der Waals surface area contributed by atoms with Crippen LogP contribution in [0.5, 0.6) is 5.75 Å². The molecule has 0 saturated carbocycles. The number of allylic oxidation sites excluding steroid dienone is 4. The van der Waals surface area contributed by atoms with Gasteiger partial charge in [0.1, 0.15) is 12.4 Å². The van der Waals surface area contributed by atoms with Gasteiger partial charge >= 0.3 is 0 Å². The Kier molecular flexibility index (Phi) is 5.50. The fourth-order valence-corrected chi connectivity index (χ4v) is 3.28. The average Bonchev–Trinajstić information content (AvgIpc) is 2.67. The molecular weight excluding hydrogens is 358 g/mol. The summed E-state index contributed by atoms with van der Waals surface area (Å²) in [7, 11) is 0. The lowest BCUT2D eigenvalue weighted by molar-refractivity contribution is 0.306. The number of rotatable bonds is 4. The zero-order valence-corrected chi connectivity index (χ0v) is 15.8. The van der Waals surface area contributed by atoms with Crippen LogP contribution in [0.3, 0.4) is 0 Å². The second-order valence-corrected chi connectivity index (χ2v) is 6.78. The van der Waals surface area contributed by atoms with E-state index in [2.05, 4.69) is 17.5 Å². The molecule has 134 valence electrons. The van der Waals surface area contributed by atoms with Crippen LogP contribution in [0, 0.1) is 22.7 Å². The third kappa shape index (κ3) is 3.97. The smallest absolute Gasteiger partial charge is 0.120 e. The molecule has 0 saturated heterocycles. The number of nitrogens with zero attached hydrogens (tertiary/aromatic N) is 2. The van der Waals surface area contributed by atoms with Crippen molar-refractivity contribution in [1.82, 2.24) is 5.32 Å². The first-order valence-corrected chi connectivity index (χ1v) is 8.87. The molecule has 0 radical (unpaired) electrons. The van der Waals surface area contributed by atoms with E-state index in [0.29, 0.717) is 28.5 Å². The fraction of sp³-hybridized carbons (Fsp3) is 0.182. The summed E-state index contributed by atoms with van der Waals surface area (Å²) in [5, 5.41) is 23.0. The lowest BCUT2D eigenvalue weighted by Crippen LogP contribution is -2.23. The molecule has 0 spiro atoms. The number of nitriles is 2. The number of hydrogen-bond donors (Lipinski definition) is 1. The van der Waals surface area contributed by atoms with Gasteiger partial charge in [-0.15, -0.1) is 0 Å². The molecule has 1 N–H and O–H groups in total. The van der Waals surface area contributed by atoms with Crippen LogP contribution in [0.4, 0.5) is 0 Å². The van der Waals surface area contributed by atoms with Crippen molar-refractivity contribution in [2.75, 3.05) is 0 Å². The van der Waals surface area contributed by atoms with E-state index in [9.17, 15) is 10.5 Å². The third-order valence-electron chi connectivity index (χ3n) is 4.51. The van der Waals surface area contributed by atoms with E-state index < -0.39 is 0 Å². The van der Waals surface area contributed by atoms with Gasteiger partial charge in [-0.1, -0.05) is 35.9 Å². The van der Waals surface area contributed by atoms with Gasteiger partial charge in [-0.3, -0.25) is 0 Å². The summed E-state index contributed by atoms with van der Waals surface area (Å²) in [6, 6.07) is 19.5. The van der Waals surface area contributed by atoms with Gasteiger partial charge in [0.05, 0.1) is 29.2 Å². The van der Waals surface area contributed by atoms with Crippen molar-refractivity contribution < 1.29 is 4.74 Å². The molecule has 2 aromatic carbocycles. The number of dihydropyridines is 1. The van der Waals surface area contributed by atoms with Crippen LogP contribution < -0.4 is 10.1 Å². The molecule has 0 atom stereocenters. The van der Waals surface area contributed by atoms with Crippen LogP contribution in [0.25, 0.3) is 0 Å². The summed E-state index contributed by atoms with van der Waals surface area (Å²) in [5.41, 5.74) is 4.50. The fourth-order valence-electron chi connectivity index (χ4n) is 3.15. The summed E-state index contributed by atoms with van der Waals surface area (Å²) in [5.74, 6) is 0.297. The lowest BCUT2D eigenvalue weighted by atomic mass is 9.81. The van der Waals surface area contributed by atoms with Crippen molar-refractivity contribution in [2.45, 2.75) is 26.4 Å². The lowest BCUT2D eigenvalue weighted by Gasteiger charge is -2.26. The maximum atomic E-state index is 9.61. The van der Waals surface area contributed by atoms with Gasteiger partial charge in [0.25, 0.3) is 0 Å². The highest BCUT2D eigenvalue weighted by Crippen LogP contribution is 2.38. The Labute approximate surface area is 164 Å². The van der Waals surface area contributed by atoms with Crippen LogP contribution in [-0.2, 0) is 6.61 Å². The molecule has 0 fully saturated rings. The number of hydrogen-bond acceptors (Lipinski definition) is 4. The van der Waals surface area contributed by atoms with E-state index in [1.54, 1.807) is 0 Å². The Bertz CT molecular complexity index is 971. The van der Waals surface area contributed by atoms with E-state index in [0.717, 1.165) is 22.5 Å². The third-order valence-corrected chi connectivity index (χ3v) is 4.76. The first kappa shape index (κ1) is 18.6. The van der Waals surface area contributed by atoms with Gasteiger partial charge < -0.3 is 10.1 Å². The zero-order valence-electron chi connectivity index (χ0n) is 15.1. The Morgan fingerprint density at radius 2 is 1.63 bits per heavy atom. The van der Waals surface area contributed by atoms with Gasteiger partial charge in [0, 0.05) is 16.4 Å². The second-order valence-electron chi connectivity index (χ2n) is 6.35. The maximum Gasteiger partial charge on any atom is 0.120 e. The summed E-state index contributed by atoms with van der Waals surface area (Å²) in [6.45, 7) is 4.11. The molecular formula is C22H18ClN3O. The Morgan fingerprint density at radius 3 is 2.22 bits per heavy atom. The molecule has 27 heavy (non-hydrogen) atoms. The van der Waals surface area contributed by atoms with E-state index in [-0.39, 0.29) is 5.92 Å². The monoisotopic (exact) mass is 375 g/mol. The maximum absolute atomic E-state index is 9.61. The summed E-state index contributed by atoms with van der Waals surface area (Å²) in [4.78, 5) is 0. The zero-order chi connectivity index (χ0) is 19.4. The minimum atomic E-state index is -0.389. The van der Waals surface area contributed by atoms with Crippen LogP contribution in [0.1, 0.15) is 30.9 Å². The Balaban J connectivity index is 1.89. The van der Waals surface area contributed by atoms with Crippen LogP contribution in [0.2, 0.25) is 5.02 Å². The molecule has 0 bridgehead atoms. The minimum Gasteiger partial charge on any atom is -0.489 e. The van der Waals surface area contributed by atoms with Crippen molar-refractivity contribution >= 4 is 11.6 Å². The number of nitrogens with one attached hydrogen (secondary N) is 1. The molecule has 2 aromatic rings. The predicted molar refractivity (Wildman–Crippen MR) is 105 cm³/mol. The topological polar surface area (TPSA) is 68.8 Å². The molecule has 4 nitrogen and oxygen atoms in total. The summed E-state index contributed by atoms with van der Waals surface area (Å²) < 4.78 is 5.90. The highest BCUT2D eigenvalue weighted by molar-refractivity contribution is 6.30. The number of ether oxygens (including phenoxy) is 1. The number of halogens is 1. The van der Waals surface area contributed by atoms with Gasteiger partial charge in [-0.25, -0.2) is 0 Å². The van der Waals surface area contributed by atoms with Crippen LogP contribution in [0.15, 0.2) is 71.1 Å². The highest BCUT2D eigenvalue weighted by Gasteiger charge is 2.29. The molecule has 0 unspecified atom stereocenters. The summed E-state index contributed by atoms with van der Waals surface area (Å²) in [6.07, 6.45) is 0. The van der Waals surface area contributed by atoms with E-state index in [1.165, 1.54) is 0 Å². The predicted octanol–water partition coefficient (Wildman–Crippen LogP) is 5.20. The average molecular weight is 376 g/mol. The largest absolute Gasteiger partial charge is 0.489 e. The van der Waals surface area contributed by atoms with Crippen LogP contribution >= 0.6 is 11.6 Å². The minimum absolute atomic E-state index is 0.389. The van der Waals surface area contributed by atoms with Gasteiger partial charge in [0.2, 0.25) is 0 Å². The molecule has 0 aromatic heterocycles. The van der Waals surface area contributed by atoms with Crippen molar-refractivity contribution in [2.24, 2.45) is 0 Å². The summed E-state index contributed by atoms with van der Waals surface area (Å²) >= 11 is 5.91. The number of benzene rings is 2. The first-order chi connectivity index (χ1) is 13.0. The molecule has 1 heterocycles. The Hall–Kier alpha value is -3.21. The van der Waals surface area contributed by atoms with Gasteiger partial charge in [-0.2, -0.15) is 10.5 Å². The quantitative estimate of drug-likeness (QED) is 0.797. The first-order valence-electron chi connectivity index (χ1n) is 8.49. The normalized spacial score (nSPS) is 14.4.